The highest BCUT2D eigenvalue weighted by Crippen LogP contribution is 2.34. The molecule has 0 unspecified atom stereocenters. The highest BCUT2D eigenvalue weighted by atomic mass is 19.2. The van der Waals surface area contributed by atoms with Crippen LogP contribution in [0, 0.1) is 17.5 Å². The maximum Gasteiger partial charge on any atom is 0.231 e. The molecule has 0 saturated heterocycles. The number of carbonyl (C=O) groups is 1. The highest BCUT2D eigenvalue weighted by molar-refractivity contribution is 5.91. The van der Waals surface area contributed by atoms with E-state index in [1.165, 1.54) is 0 Å². The lowest BCUT2D eigenvalue weighted by Crippen LogP contribution is -2.16. The molecule has 0 bridgehead atoms. The number of anilines is 2. The van der Waals surface area contributed by atoms with Crippen LogP contribution in [0.2, 0.25) is 0 Å². The second-order valence-electron chi connectivity index (χ2n) is 5.02. The Morgan fingerprint density at radius 1 is 1.04 bits per heavy atom. The fraction of sp³-hybridized carbons (Fsp3) is 0.188. The predicted octanol–water partition coefficient (Wildman–Crippen LogP) is 3.27. The van der Waals surface area contributed by atoms with Gasteiger partial charge in [-0.1, -0.05) is 0 Å². The van der Waals surface area contributed by atoms with Gasteiger partial charge in [0, 0.05) is 24.7 Å². The summed E-state index contributed by atoms with van der Waals surface area (Å²) >= 11 is 0. The quantitative estimate of drug-likeness (QED) is 0.822. The summed E-state index contributed by atoms with van der Waals surface area (Å²) in [7, 11) is 0. The van der Waals surface area contributed by atoms with Gasteiger partial charge < -0.3 is 20.1 Å². The van der Waals surface area contributed by atoms with E-state index in [2.05, 4.69) is 10.6 Å². The topological polar surface area (TPSA) is 59.6 Å². The molecular weight excluding hydrogens is 325 g/mol. The first-order valence-electron chi connectivity index (χ1n) is 7.11. The number of ether oxygens (including phenoxy) is 2. The van der Waals surface area contributed by atoms with Crippen LogP contribution < -0.4 is 20.1 Å². The van der Waals surface area contributed by atoms with E-state index in [9.17, 15) is 18.0 Å². The number of halogens is 3. The average Bonchev–Trinajstić information content (AvgIpc) is 3.02. The summed E-state index contributed by atoms with van der Waals surface area (Å²) in [6, 6.07) is 6.85. The van der Waals surface area contributed by atoms with Gasteiger partial charge in [0.25, 0.3) is 0 Å². The zero-order valence-electron chi connectivity index (χ0n) is 12.4. The molecule has 2 aromatic carbocycles. The van der Waals surface area contributed by atoms with Crippen LogP contribution in [0.1, 0.15) is 6.42 Å². The molecule has 0 saturated carbocycles. The van der Waals surface area contributed by atoms with E-state index < -0.39 is 17.5 Å². The minimum absolute atomic E-state index is 0.00682. The third-order valence-electron chi connectivity index (χ3n) is 3.36. The zero-order chi connectivity index (χ0) is 17.1. The van der Waals surface area contributed by atoms with Crippen molar-refractivity contribution >= 4 is 17.3 Å². The number of benzene rings is 2. The van der Waals surface area contributed by atoms with E-state index in [-0.39, 0.29) is 31.4 Å². The lowest BCUT2D eigenvalue weighted by molar-refractivity contribution is -0.115. The Bertz CT molecular complexity index is 783. The molecule has 24 heavy (non-hydrogen) atoms. The van der Waals surface area contributed by atoms with Gasteiger partial charge in [0.05, 0.1) is 5.69 Å². The lowest BCUT2D eigenvalue weighted by atomic mass is 10.2. The van der Waals surface area contributed by atoms with Crippen LogP contribution in [0.5, 0.6) is 11.5 Å². The molecule has 0 aliphatic carbocycles. The van der Waals surface area contributed by atoms with Crippen LogP contribution in [-0.2, 0) is 4.79 Å². The van der Waals surface area contributed by atoms with Crippen molar-refractivity contribution < 1.29 is 27.4 Å². The molecule has 2 aromatic rings. The molecule has 0 fully saturated rings. The molecule has 5 nitrogen and oxygen atoms in total. The van der Waals surface area contributed by atoms with E-state index in [1.54, 1.807) is 18.2 Å². The Labute approximate surface area is 135 Å². The van der Waals surface area contributed by atoms with Crippen molar-refractivity contribution in [3.63, 3.8) is 0 Å². The minimum Gasteiger partial charge on any atom is -0.454 e. The van der Waals surface area contributed by atoms with E-state index in [1.807, 2.05) is 0 Å². The molecule has 0 aromatic heterocycles. The fourth-order valence-electron chi connectivity index (χ4n) is 2.17. The van der Waals surface area contributed by atoms with Gasteiger partial charge in [0.1, 0.15) is 0 Å². The summed E-state index contributed by atoms with van der Waals surface area (Å²) in [5.41, 5.74) is 0.327. The highest BCUT2D eigenvalue weighted by Gasteiger charge is 2.15. The Morgan fingerprint density at radius 3 is 2.67 bits per heavy atom. The summed E-state index contributed by atoms with van der Waals surface area (Å²) in [5, 5.41) is 5.20. The molecule has 126 valence electrons. The minimum atomic E-state index is -1.55. The molecule has 2 N–H and O–H groups in total. The van der Waals surface area contributed by atoms with Gasteiger partial charge in [0.15, 0.2) is 29.0 Å². The Hall–Kier alpha value is -2.90. The summed E-state index contributed by atoms with van der Waals surface area (Å²) in [6.07, 6.45) is 0.00682. The van der Waals surface area contributed by atoms with Gasteiger partial charge in [0.2, 0.25) is 12.7 Å². The summed E-state index contributed by atoms with van der Waals surface area (Å²) in [4.78, 5) is 11.9. The van der Waals surface area contributed by atoms with E-state index >= 15 is 0 Å². The standard InChI is InChI=1S/C16H13F3N2O3/c17-10-2-3-11(16(19)15(10)18)20-6-5-14(22)21-9-1-4-12-13(7-9)24-8-23-12/h1-4,7,20H,5-6,8H2,(H,21,22). The van der Waals surface area contributed by atoms with Gasteiger partial charge in [-0.15, -0.1) is 0 Å². The number of amides is 1. The molecule has 0 spiro atoms. The first-order valence-corrected chi connectivity index (χ1v) is 7.11. The lowest BCUT2D eigenvalue weighted by Gasteiger charge is -2.09. The predicted molar refractivity (Wildman–Crippen MR) is 80.6 cm³/mol. The van der Waals surface area contributed by atoms with Crippen molar-refractivity contribution in [1.82, 2.24) is 0 Å². The van der Waals surface area contributed by atoms with Gasteiger partial charge >= 0.3 is 0 Å². The normalized spacial score (nSPS) is 12.1. The van der Waals surface area contributed by atoms with Gasteiger partial charge in [-0.25, -0.2) is 13.2 Å². The average molecular weight is 338 g/mol. The molecule has 1 heterocycles. The van der Waals surface area contributed by atoms with Crippen molar-refractivity contribution in [1.29, 1.82) is 0 Å². The largest absolute Gasteiger partial charge is 0.454 e. The maximum absolute atomic E-state index is 13.5. The number of nitrogens with one attached hydrogen (secondary N) is 2. The van der Waals surface area contributed by atoms with Gasteiger partial charge in [-0.2, -0.15) is 0 Å². The summed E-state index contributed by atoms with van der Waals surface area (Å²) < 4.78 is 49.7. The van der Waals surface area contributed by atoms with Crippen LogP contribution in [0.4, 0.5) is 24.5 Å². The molecule has 1 aliphatic heterocycles. The molecule has 0 radical (unpaired) electrons. The van der Waals surface area contributed by atoms with Crippen molar-refractivity contribution in [2.75, 3.05) is 24.0 Å². The molecular formula is C16H13F3N2O3. The number of carbonyl (C=O) groups excluding carboxylic acids is 1. The van der Waals surface area contributed by atoms with E-state index in [0.29, 0.717) is 17.2 Å². The Morgan fingerprint density at radius 2 is 1.83 bits per heavy atom. The first-order chi connectivity index (χ1) is 11.5. The fourth-order valence-corrected chi connectivity index (χ4v) is 2.17. The van der Waals surface area contributed by atoms with Gasteiger partial charge in [-0.3, -0.25) is 4.79 Å². The van der Waals surface area contributed by atoms with Crippen LogP contribution in [0.25, 0.3) is 0 Å². The third kappa shape index (κ3) is 3.37. The van der Waals surface area contributed by atoms with Crippen molar-refractivity contribution in [2.45, 2.75) is 6.42 Å². The number of fused-ring (bicyclic) bond motifs is 1. The smallest absolute Gasteiger partial charge is 0.231 e. The summed E-state index contributed by atoms with van der Waals surface area (Å²) in [5.74, 6) is -3.32. The van der Waals surface area contributed by atoms with Crippen molar-refractivity contribution in [2.24, 2.45) is 0 Å². The maximum atomic E-state index is 13.5. The van der Waals surface area contributed by atoms with Gasteiger partial charge in [-0.05, 0) is 24.3 Å². The second kappa shape index (κ2) is 6.69. The van der Waals surface area contributed by atoms with Crippen LogP contribution in [-0.4, -0.2) is 19.2 Å². The molecule has 0 atom stereocenters. The molecule has 1 amide bonds. The molecule has 3 rings (SSSR count). The van der Waals surface area contributed by atoms with Crippen molar-refractivity contribution in [3.8, 4) is 11.5 Å². The molecule has 8 heteroatoms. The van der Waals surface area contributed by atoms with Crippen LogP contribution in [0.15, 0.2) is 30.3 Å². The number of hydrogen-bond acceptors (Lipinski definition) is 4. The third-order valence-corrected chi connectivity index (χ3v) is 3.36. The number of rotatable bonds is 5. The Kier molecular flexibility index (Phi) is 4.45. The summed E-state index contributed by atoms with van der Waals surface area (Å²) in [6.45, 7) is 0.189. The monoisotopic (exact) mass is 338 g/mol. The van der Waals surface area contributed by atoms with Crippen LogP contribution in [0.3, 0.4) is 0 Å². The Balaban J connectivity index is 1.52. The zero-order valence-corrected chi connectivity index (χ0v) is 12.4. The SMILES string of the molecule is O=C(CCNc1ccc(F)c(F)c1F)Nc1ccc2c(c1)OCO2. The van der Waals surface area contributed by atoms with E-state index in [0.717, 1.165) is 12.1 Å². The molecule has 1 aliphatic rings. The number of hydrogen-bond donors (Lipinski definition) is 2. The van der Waals surface area contributed by atoms with Crippen molar-refractivity contribution in [3.05, 3.63) is 47.8 Å². The van der Waals surface area contributed by atoms with E-state index in [4.69, 9.17) is 9.47 Å². The second-order valence-corrected chi connectivity index (χ2v) is 5.02. The first kappa shape index (κ1) is 16.0. The van der Waals surface area contributed by atoms with Crippen LogP contribution >= 0.6 is 0 Å².